The Kier molecular flexibility index (Phi) is 12.3. The number of fused-ring (bicyclic) bond motifs is 5. The molecule has 2 heterocycles. The number of ether oxygens (including phenoxy) is 8. The summed E-state index contributed by atoms with van der Waals surface area (Å²) in [4.78, 5) is 74.0. The van der Waals surface area contributed by atoms with Gasteiger partial charge in [0, 0.05) is 38.9 Å². The molecule has 2 aliphatic heterocycles. The molecular weight excluding hydrogens is 827 g/mol. The Bertz CT molecular complexity index is 2180. The Hall–Kier alpha value is -4.67. The van der Waals surface area contributed by atoms with Crippen molar-refractivity contribution in [2.24, 2.45) is 16.7 Å². The van der Waals surface area contributed by atoms with E-state index in [1.165, 1.54) is 19.1 Å². The summed E-state index contributed by atoms with van der Waals surface area (Å²) in [5.74, 6) is -4.01. The van der Waals surface area contributed by atoms with E-state index >= 15 is 4.79 Å². The molecule has 2 saturated carbocycles. The molecule has 3 aliphatic carbocycles. The van der Waals surface area contributed by atoms with Gasteiger partial charge in [0.15, 0.2) is 17.5 Å². The molecule has 1 N–H and O–H groups in total. The lowest BCUT2D eigenvalue weighted by Gasteiger charge is -2.68. The number of Topliss-reactive ketones (excluding diaryl/α,β-unsaturated/α-hetero) is 1. The van der Waals surface area contributed by atoms with Crippen molar-refractivity contribution in [1.29, 1.82) is 0 Å². The molecule has 2 saturated heterocycles. The van der Waals surface area contributed by atoms with Gasteiger partial charge in [-0.3, -0.25) is 14.5 Å². The number of amides is 1. The molecular formula is C49H63NO14. The van der Waals surface area contributed by atoms with E-state index in [-0.39, 0.29) is 31.4 Å². The van der Waals surface area contributed by atoms with Gasteiger partial charge < -0.3 is 43.0 Å². The second-order valence-electron chi connectivity index (χ2n) is 19.9. The van der Waals surface area contributed by atoms with Gasteiger partial charge in [-0.05, 0) is 77.3 Å². The number of esters is 3. The number of hydrogen-bond acceptors (Lipinski definition) is 14. The minimum atomic E-state index is -2.18. The molecule has 0 spiro atoms. The van der Waals surface area contributed by atoms with Crippen molar-refractivity contribution in [1.82, 2.24) is 4.90 Å². The third kappa shape index (κ3) is 7.44. The topological polar surface area (TPSA) is 183 Å². The molecule has 15 nitrogen and oxygen atoms in total. The normalized spacial score (nSPS) is 35.1. The molecule has 11 unspecified atom stereocenters. The number of methoxy groups -OCH3 is 2. The van der Waals surface area contributed by atoms with E-state index in [0.29, 0.717) is 16.7 Å². The molecule has 5 aliphatic rings. The Morgan fingerprint density at radius 1 is 0.906 bits per heavy atom. The van der Waals surface area contributed by atoms with Crippen LogP contribution >= 0.6 is 0 Å². The zero-order valence-electron chi connectivity index (χ0n) is 38.9. The molecule has 0 aromatic heterocycles. The van der Waals surface area contributed by atoms with Gasteiger partial charge >= 0.3 is 24.0 Å². The number of rotatable bonds is 9. The standard InChI is InChI=1S/C49H63NO14/c1-13-33(51)62-48-26-59-32(48)24-31(57-11)47(10)38(48)40(61-41(53)29-22-18-15-19-23-29)49(56)25-30(27(2)34(45(49,6)7)36(58-12)39(47)52)60-42(54)37-35(28-20-16-14-17-21-28)50(46(8,9)63-37)43(55)64-44(3,4)5/h14-23,30-32,35-38,40,56H,13,24-26H2,1-12H3. The number of aliphatic hydroxyl groups is 1. The number of benzene rings is 2. The Labute approximate surface area is 375 Å². The zero-order chi connectivity index (χ0) is 46.9. The van der Waals surface area contributed by atoms with E-state index in [1.54, 1.807) is 124 Å². The van der Waals surface area contributed by atoms with Crippen LogP contribution in [0.5, 0.6) is 0 Å². The fourth-order valence-electron chi connectivity index (χ4n) is 11.2. The van der Waals surface area contributed by atoms with Crippen LogP contribution in [0.2, 0.25) is 0 Å². The van der Waals surface area contributed by atoms with Gasteiger partial charge in [-0.15, -0.1) is 0 Å². The van der Waals surface area contributed by atoms with E-state index in [0.717, 1.165) is 0 Å². The molecule has 4 fully saturated rings. The quantitative estimate of drug-likeness (QED) is 0.165. The summed E-state index contributed by atoms with van der Waals surface area (Å²) in [6.45, 7) is 16.9. The van der Waals surface area contributed by atoms with Gasteiger partial charge in [0.05, 0.1) is 29.6 Å². The fraction of sp³-hybridized carbons (Fsp3) is 0.612. The van der Waals surface area contributed by atoms with Crippen LogP contribution < -0.4 is 0 Å². The summed E-state index contributed by atoms with van der Waals surface area (Å²) < 4.78 is 50.2. The molecule has 2 bridgehead atoms. The van der Waals surface area contributed by atoms with Gasteiger partial charge in [-0.25, -0.2) is 14.4 Å². The predicted octanol–water partition coefficient (Wildman–Crippen LogP) is 6.44. The summed E-state index contributed by atoms with van der Waals surface area (Å²) >= 11 is 0. The van der Waals surface area contributed by atoms with E-state index in [9.17, 15) is 24.3 Å². The average Bonchev–Trinajstić information content (AvgIpc) is 3.53. The van der Waals surface area contributed by atoms with E-state index < -0.39 is 112 Å². The number of hydrogen-bond donors (Lipinski definition) is 1. The molecule has 15 heteroatoms. The van der Waals surface area contributed by atoms with E-state index in [4.69, 9.17) is 37.9 Å². The maximum atomic E-state index is 15.8. The van der Waals surface area contributed by atoms with E-state index in [1.807, 2.05) is 6.07 Å². The predicted molar refractivity (Wildman–Crippen MR) is 229 cm³/mol. The molecule has 2 aromatic rings. The second kappa shape index (κ2) is 16.6. The molecule has 11 atom stereocenters. The Balaban J connectivity index is 1.41. The van der Waals surface area contributed by atoms with Crippen LogP contribution in [0.1, 0.15) is 110 Å². The first-order chi connectivity index (χ1) is 29.9. The molecule has 2 aromatic carbocycles. The molecule has 1 amide bonds. The second-order valence-corrected chi connectivity index (χ2v) is 19.9. The highest BCUT2D eigenvalue weighted by molar-refractivity contribution is 5.94. The van der Waals surface area contributed by atoms with Gasteiger partial charge in [0.2, 0.25) is 0 Å². The lowest BCUT2D eigenvalue weighted by Crippen LogP contribution is -2.82. The maximum Gasteiger partial charge on any atom is 0.413 e. The van der Waals surface area contributed by atoms with Crippen molar-refractivity contribution < 1.29 is 67.0 Å². The van der Waals surface area contributed by atoms with Gasteiger partial charge in [0.25, 0.3) is 0 Å². The largest absolute Gasteiger partial charge is 0.456 e. The molecule has 0 radical (unpaired) electrons. The van der Waals surface area contributed by atoms with E-state index in [2.05, 4.69) is 0 Å². The average molecular weight is 890 g/mol. The summed E-state index contributed by atoms with van der Waals surface area (Å²) in [6, 6.07) is 16.1. The monoisotopic (exact) mass is 889 g/mol. The van der Waals surface area contributed by atoms with Crippen molar-refractivity contribution in [3.05, 3.63) is 82.9 Å². The first kappa shape index (κ1) is 47.3. The van der Waals surface area contributed by atoms with Crippen molar-refractivity contribution >= 4 is 29.8 Å². The third-order valence-corrected chi connectivity index (χ3v) is 14.4. The van der Waals surface area contributed by atoms with Crippen LogP contribution in [-0.2, 0) is 52.3 Å². The minimum Gasteiger partial charge on any atom is -0.456 e. The number of nitrogens with zero attached hydrogens (tertiary/aromatic N) is 1. The summed E-state index contributed by atoms with van der Waals surface area (Å²) in [7, 11) is 2.85. The number of carbonyl (C=O) groups is 5. The Morgan fingerprint density at radius 2 is 1.53 bits per heavy atom. The zero-order valence-corrected chi connectivity index (χ0v) is 38.9. The summed E-state index contributed by atoms with van der Waals surface area (Å²) in [5.41, 5.74) is -7.58. The van der Waals surface area contributed by atoms with Crippen molar-refractivity contribution in [2.45, 2.75) is 154 Å². The van der Waals surface area contributed by atoms with Crippen molar-refractivity contribution in [3.8, 4) is 0 Å². The number of carbonyl (C=O) groups excluding carboxylic acids is 5. The SMILES string of the molecule is CCC(=O)OC12COC1CC(OC)C1(C)C(=O)C(OC)C3=C(C)C(OC(=O)C4OC(C)(C)N(C(=O)OC(C)(C)C)C4c4ccccc4)CC(O)(C(OC(=O)c4ccccc4)C21)C3(C)C. The lowest BCUT2D eigenvalue weighted by molar-refractivity contribution is -0.348. The smallest absolute Gasteiger partial charge is 0.413 e. The molecule has 64 heavy (non-hydrogen) atoms. The molecule has 348 valence electrons. The fourth-order valence-corrected chi connectivity index (χ4v) is 11.2. The van der Waals surface area contributed by atoms with Gasteiger partial charge in [0.1, 0.15) is 47.4 Å². The molecule has 7 rings (SSSR count). The van der Waals surface area contributed by atoms with Crippen LogP contribution in [0.3, 0.4) is 0 Å². The highest BCUT2D eigenvalue weighted by Gasteiger charge is 2.78. The Morgan fingerprint density at radius 3 is 2.08 bits per heavy atom. The van der Waals surface area contributed by atoms with Crippen LogP contribution in [0.15, 0.2) is 71.8 Å². The highest BCUT2D eigenvalue weighted by atomic mass is 16.6. The van der Waals surface area contributed by atoms with Crippen LogP contribution in [-0.4, -0.2) is 120 Å². The minimum absolute atomic E-state index is 0.00996. The van der Waals surface area contributed by atoms with Crippen LogP contribution in [0.25, 0.3) is 0 Å². The summed E-state index contributed by atoms with van der Waals surface area (Å²) in [5, 5.41) is 13.9. The maximum absolute atomic E-state index is 15.8. The first-order valence-corrected chi connectivity index (χ1v) is 22.0. The third-order valence-electron chi connectivity index (χ3n) is 14.4. The summed E-state index contributed by atoms with van der Waals surface area (Å²) in [6.07, 6.45) is -8.25. The van der Waals surface area contributed by atoms with Gasteiger partial charge in [-0.1, -0.05) is 69.3 Å². The first-order valence-electron chi connectivity index (χ1n) is 22.0. The lowest BCUT2D eigenvalue weighted by atomic mass is 9.44. The van der Waals surface area contributed by atoms with Crippen molar-refractivity contribution in [3.63, 3.8) is 0 Å². The van der Waals surface area contributed by atoms with Crippen molar-refractivity contribution in [2.75, 3.05) is 20.8 Å². The number of ketones is 1. The highest BCUT2D eigenvalue weighted by Crippen LogP contribution is 2.65. The van der Waals surface area contributed by atoms with Gasteiger partial charge in [-0.2, -0.15) is 0 Å². The van der Waals surface area contributed by atoms with Crippen LogP contribution in [0, 0.1) is 16.7 Å². The van der Waals surface area contributed by atoms with Crippen LogP contribution in [0.4, 0.5) is 4.79 Å².